The quantitative estimate of drug-likeness (QED) is 0.782. The van der Waals surface area contributed by atoms with Crippen molar-refractivity contribution in [1.29, 1.82) is 0 Å². The van der Waals surface area contributed by atoms with Gasteiger partial charge < -0.3 is 9.22 Å². The molecule has 1 aromatic rings. The van der Waals surface area contributed by atoms with Gasteiger partial charge >= 0.3 is 7.56 Å². The summed E-state index contributed by atoms with van der Waals surface area (Å²) in [5.41, 5.74) is 1.70. The Morgan fingerprint density at radius 1 is 1.18 bits per heavy atom. The van der Waals surface area contributed by atoms with Crippen LogP contribution in [0.25, 0.3) is 5.57 Å². The highest BCUT2D eigenvalue weighted by Gasteiger charge is 2.23. The average Bonchev–Trinajstić information content (AvgIpc) is 2.81. The molecule has 0 N–H and O–H groups in total. The molecule has 0 aromatic carbocycles. The molecular formula is C17H21BFNOS. The van der Waals surface area contributed by atoms with Crippen molar-refractivity contribution < 1.29 is 9.11 Å². The summed E-state index contributed by atoms with van der Waals surface area (Å²) < 4.78 is 13.9. The van der Waals surface area contributed by atoms with Crippen molar-refractivity contribution in [3.63, 3.8) is 0 Å². The van der Waals surface area contributed by atoms with E-state index in [0.717, 1.165) is 49.2 Å². The summed E-state index contributed by atoms with van der Waals surface area (Å²) in [4.78, 5) is 15.7. The van der Waals surface area contributed by atoms with Crippen LogP contribution in [0.2, 0.25) is 0 Å². The minimum atomic E-state index is -0.559. The zero-order chi connectivity index (χ0) is 15.4. The van der Waals surface area contributed by atoms with Crippen molar-refractivity contribution in [2.75, 3.05) is 13.1 Å². The number of rotatable bonds is 3. The maximum atomic E-state index is 13.4. The molecular weight excluding hydrogens is 296 g/mol. The van der Waals surface area contributed by atoms with Crippen molar-refractivity contribution in [2.45, 2.75) is 38.5 Å². The third kappa shape index (κ3) is 3.35. The van der Waals surface area contributed by atoms with Gasteiger partial charge in [-0.05, 0) is 37.3 Å². The molecule has 5 heteroatoms. The first-order valence-electron chi connectivity index (χ1n) is 8.14. The molecule has 0 radical (unpaired) electrons. The maximum absolute atomic E-state index is 13.4. The lowest BCUT2D eigenvalue weighted by molar-refractivity contribution is 0.0763. The van der Waals surface area contributed by atoms with E-state index in [0.29, 0.717) is 10.3 Å². The molecule has 2 aliphatic rings. The van der Waals surface area contributed by atoms with Crippen LogP contribution in [0.3, 0.4) is 0 Å². The first-order chi connectivity index (χ1) is 10.8. The highest BCUT2D eigenvalue weighted by molar-refractivity contribution is 7.22. The molecule has 0 atom stereocenters. The van der Waals surface area contributed by atoms with E-state index >= 15 is 0 Å². The van der Waals surface area contributed by atoms with Crippen molar-refractivity contribution >= 4 is 35.2 Å². The molecule has 1 fully saturated rings. The fraction of sp³-hybridized carbons (Fsp3) is 0.471. The average molecular weight is 317 g/mol. The van der Waals surface area contributed by atoms with Gasteiger partial charge in [0.1, 0.15) is 0 Å². The van der Waals surface area contributed by atoms with E-state index in [4.69, 9.17) is 0 Å². The number of hydrogen-bond donors (Lipinski definition) is 0. The van der Waals surface area contributed by atoms with Gasteiger partial charge in [0.05, 0.1) is 0 Å². The van der Waals surface area contributed by atoms with Crippen LogP contribution in [0.5, 0.6) is 0 Å². The van der Waals surface area contributed by atoms with E-state index in [-0.39, 0.29) is 5.91 Å². The number of carbonyl (C=O) groups is 1. The minimum Gasteiger partial charge on any atom is -0.339 e. The summed E-state index contributed by atoms with van der Waals surface area (Å²) in [7, 11) is -0.559. The number of halogens is 1. The first-order valence-corrected chi connectivity index (χ1v) is 8.96. The number of nitrogens with zero attached hydrogens (tertiary/aromatic N) is 1. The Morgan fingerprint density at radius 3 is 2.59 bits per heavy atom. The fourth-order valence-electron chi connectivity index (χ4n) is 3.09. The Hall–Kier alpha value is -1.36. The predicted molar refractivity (Wildman–Crippen MR) is 92.9 cm³/mol. The zero-order valence-corrected chi connectivity index (χ0v) is 13.6. The van der Waals surface area contributed by atoms with E-state index in [2.05, 4.69) is 18.2 Å². The number of thiophene rings is 1. The first kappa shape index (κ1) is 15.5. The summed E-state index contributed by atoms with van der Waals surface area (Å²) in [5.74, 6) is 0.0115. The van der Waals surface area contributed by atoms with Gasteiger partial charge in [-0.25, -0.2) is 0 Å². The summed E-state index contributed by atoms with van der Waals surface area (Å²) in [6, 6.07) is 1.90. The molecule has 2 heterocycles. The lowest BCUT2D eigenvalue weighted by Gasteiger charge is -2.20. The van der Waals surface area contributed by atoms with Gasteiger partial charge in [-0.2, -0.15) is 0 Å². The summed E-state index contributed by atoms with van der Waals surface area (Å²) in [6.45, 7) is 1.61. The number of allylic oxidation sites excluding steroid dienone is 4. The zero-order valence-electron chi connectivity index (χ0n) is 12.8. The van der Waals surface area contributed by atoms with Crippen molar-refractivity contribution in [3.8, 4) is 0 Å². The molecule has 1 aliphatic carbocycles. The lowest BCUT2D eigenvalue weighted by atomic mass is 9.96. The topological polar surface area (TPSA) is 20.3 Å². The fourth-order valence-corrected chi connectivity index (χ4v) is 4.11. The van der Waals surface area contributed by atoms with Gasteiger partial charge in [-0.1, -0.05) is 31.1 Å². The van der Waals surface area contributed by atoms with Gasteiger partial charge in [-0.3, -0.25) is 4.79 Å². The Balaban J connectivity index is 1.85. The third-order valence-electron chi connectivity index (χ3n) is 4.33. The van der Waals surface area contributed by atoms with Crippen LogP contribution in [-0.2, 0) is 0 Å². The third-order valence-corrected chi connectivity index (χ3v) is 5.48. The van der Waals surface area contributed by atoms with Crippen LogP contribution >= 0.6 is 11.3 Å². The van der Waals surface area contributed by atoms with E-state index < -0.39 is 7.56 Å². The van der Waals surface area contributed by atoms with E-state index in [9.17, 15) is 9.11 Å². The van der Waals surface area contributed by atoms with Crippen LogP contribution in [0, 0.1) is 0 Å². The summed E-state index contributed by atoms with van der Waals surface area (Å²) in [5, 5.41) is 0. The molecule has 1 aliphatic heterocycles. The van der Waals surface area contributed by atoms with E-state index in [1.54, 1.807) is 0 Å². The van der Waals surface area contributed by atoms with Gasteiger partial charge in [-0.15, -0.1) is 11.3 Å². The van der Waals surface area contributed by atoms with Crippen molar-refractivity contribution in [2.24, 2.45) is 0 Å². The number of likely N-dealkylation sites (tertiary alicyclic amines) is 1. The molecule has 1 saturated heterocycles. The van der Waals surface area contributed by atoms with Crippen LogP contribution in [0.15, 0.2) is 24.3 Å². The molecule has 1 amide bonds. The Kier molecular flexibility index (Phi) is 5.14. The number of hydrogen-bond acceptors (Lipinski definition) is 2. The lowest BCUT2D eigenvalue weighted by Crippen LogP contribution is -2.34. The summed E-state index contributed by atoms with van der Waals surface area (Å²) in [6.07, 6.45) is 13.0. The standard InChI is InChI=1S/C17H21BFNOS/c19-18-16-14(17(21)20-10-6-1-2-7-11-20)12-15(22-16)13-8-4-3-5-9-13/h4,8-9,12,18H,1-3,5-7,10-11H2. The molecule has 0 spiro atoms. The monoisotopic (exact) mass is 317 g/mol. The Morgan fingerprint density at radius 2 is 1.95 bits per heavy atom. The molecule has 0 unspecified atom stereocenters. The second-order valence-electron chi connectivity index (χ2n) is 5.93. The van der Waals surface area contributed by atoms with Gasteiger partial charge in [0.2, 0.25) is 0 Å². The highest BCUT2D eigenvalue weighted by Crippen LogP contribution is 2.27. The highest BCUT2D eigenvalue weighted by atomic mass is 32.1. The van der Waals surface area contributed by atoms with E-state index in [1.807, 2.05) is 11.0 Å². The Bertz CT molecular complexity index is 600. The predicted octanol–water partition coefficient (Wildman–Crippen LogP) is 3.44. The number of carbonyl (C=O) groups excluding carboxylic acids is 1. The number of amides is 1. The molecule has 116 valence electrons. The SMILES string of the molecule is O=C(c1cc(C2=CCCC=C2)sc1BF)N1CCCCCC1. The maximum Gasteiger partial charge on any atom is 0.374 e. The van der Waals surface area contributed by atoms with Gasteiger partial charge in [0, 0.05) is 28.3 Å². The molecule has 22 heavy (non-hydrogen) atoms. The normalized spacial score (nSPS) is 18.8. The molecule has 1 aromatic heterocycles. The van der Waals surface area contributed by atoms with Gasteiger partial charge in [0.15, 0.2) is 0 Å². The molecule has 2 nitrogen and oxygen atoms in total. The van der Waals surface area contributed by atoms with Crippen LogP contribution in [0.4, 0.5) is 4.32 Å². The van der Waals surface area contributed by atoms with Crippen molar-refractivity contribution in [3.05, 3.63) is 34.7 Å². The molecule has 0 bridgehead atoms. The van der Waals surface area contributed by atoms with Crippen molar-refractivity contribution in [1.82, 2.24) is 4.90 Å². The minimum absolute atomic E-state index is 0.0115. The molecule has 3 rings (SSSR count). The van der Waals surface area contributed by atoms with Gasteiger partial charge in [0.25, 0.3) is 5.91 Å². The summed E-state index contributed by atoms with van der Waals surface area (Å²) >= 11 is 1.42. The van der Waals surface area contributed by atoms with Crippen LogP contribution in [0.1, 0.15) is 53.8 Å². The second kappa shape index (κ2) is 7.27. The largest absolute Gasteiger partial charge is 0.374 e. The second-order valence-corrected chi connectivity index (χ2v) is 7.06. The van der Waals surface area contributed by atoms with E-state index in [1.165, 1.54) is 24.2 Å². The molecule has 0 saturated carbocycles. The smallest absolute Gasteiger partial charge is 0.339 e. The van der Waals surface area contributed by atoms with Crippen LogP contribution in [-0.4, -0.2) is 31.5 Å². The van der Waals surface area contributed by atoms with Crippen LogP contribution < -0.4 is 4.78 Å². The Labute approximate surface area is 136 Å².